The summed E-state index contributed by atoms with van der Waals surface area (Å²) in [5, 5.41) is 3.73. The van der Waals surface area contributed by atoms with E-state index in [9.17, 15) is 0 Å². The van der Waals surface area contributed by atoms with Crippen molar-refractivity contribution >= 4 is 23.2 Å². The van der Waals surface area contributed by atoms with Crippen LogP contribution in [0, 0.1) is 6.92 Å². The maximum Gasteiger partial charge on any atom is 0.210 e. The van der Waals surface area contributed by atoms with Crippen LogP contribution in [0.4, 0.5) is 5.69 Å². The van der Waals surface area contributed by atoms with Crippen LogP contribution in [0.3, 0.4) is 0 Å². The summed E-state index contributed by atoms with van der Waals surface area (Å²) < 4.78 is 4.90. The van der Waals surface area contributed by atoms with Gasteiger partial charge in [0.25, 0.3) is 0 Å². The molecule has 0 aliphatic carbocycles. The van der Waals surface area contributed by atoms with E-state index in [4.69, 9.17) is 22.2 Å². The highest BCUT2D eigenvalue weighted by Crippen LogP contribution is 2.19. The standard InChI is InChI=1S/C11H17ClN4O/c1-8-3-4-9(7-10(8)12)15-11(16-13)14-5-6-17-2/h3-4,7H,5-6,13H2,1-2H3,(H2,14,15,16). The molecule has 94 valence electrons. The van der Waals surface area contributed by atoms with E-state index in [1.54, 1.807) is 7.11 Å². The van der Waals surface area contributed by atoms with Crippen LogP contribution in [-0.2, 0) is 4.74 Å². The van der Waals surface area contributed by atoms with Crippen molar-refractivity contribution in [3.05, 3.63) is 28.8 Å². The molecule has 0 saturated carbocycles. The number of anilines is 1. The third-order valence-electron chi connectivity index (χ3n) is 2.14. The molecule has 0 fully saturated rings. The van der Waals surface area contributed by atoms with Crippen LogP contribution in [0.1, 0.15) is 5.56 Å². The summed E-state index contributed by atoms with van der Waals surface area (Å²) in [6.07, 6.45) is 0. The molecule has 0 unspecified atom stereocenters. The number of guanidine groups is 1. The summed E-state index contributed by atoms with van der Waals surface area (Å²) >= 11 is 6.02. The number of nitrogens with two attached hydrogens (primary N) is 1. The van der Waals surface area contributed by atoms with E-state index >= 15 is 0 Å². The number of halogens is 1. The van der Waals surface area contributed by atoms with Gasteiger partial charge in [-0.1, -0.05) is 17.7 Å². The normalized spacial score (nSPS) is 11.4. The van der Waals surface area contributed by atoms with Gasteiger partial charge in [-0.2, -0.15) is 0 Å². The lowest BCUT2D eigenvalue weighted by molar-refractivity contribution is 0.208. The lowest BCUT2D eigenvalue weighted by Gasteiger charge is -2.10. The van der Waals surface area contributed by atoms with Crippen molar-refractivity contribution in [3.8, 4) is 0 Å². The number of hydrogen-bond acceptors (Lipinski definition) is 3. The van der Waals surface area contributed by atoms with Crippen LogP contribution in [-0.4, -0.2) is 26.2 Å². The fraction of sp³-hybridized carbons (Fsp3) is 0.364. The largest absolute Gasteiger partial charge is 0.383 e. The number of ether oxygens (including phenoxy) is 1. The molecule has 0 bridgehead atoms. The Bertz CT molecular complexity index is 395. The van der Waals surface area contributed by atoms with Crippen molar-refractivity contribution in [2.75, 3.05) is 25.6 Å². The fourth-order valence-corrected chi connectivity index (χ4v) is 1.36. The van der Waals surface area contributed by atoms with Crippen LogP contribution in [0.15, 0.2) is 23.2 Å². The Kier molecular flexibility index (Phi) is 5.76. The molecule has 0 spiro atoms. The van der Waals surface area contributed by atoms with E-state index in [2.05, 4.69) is 15.7 Å². The highest BCUT2D eigenvalue weighted by molar-refractivity contribution is 6.31. The third-order valence-corrected chi connectivity index (χ3v) is 2.54. The summed E-state index contributed by atoms with van der Waals surface area (Å²) in [5.41, 5.74) is 4.34. The van der Waals surface area contributed by atoms with Crippen LogP contribution in [0.2, 0.25) is 5.02 Å². The molecule has 0 heterocycles. The zero-order valence-corrected chi connectivity index (χ0v) is 10.7. The van der Waals surface area contributed by atoms with Gasteiger partial charge in [0, 0.05) is 17.8 Å². The van der Waals surface area contributed by atoms with E-state index in [0.29, 0.717) is 24.1 Å². The Labute approximate surface area is 106 Å². The van der Waals surface area contributed by atoms with Crippen molar-refractivity contribution in [2.45, 2.75) is 6.92 Å². The minimum Gasteiger partial charge on any atom is -0.383 e. The number of aliphatic imine (C=N–C) groups is 1. The van der Waals surface area contributed by atoms with E-state index in [1.807, 2.05) is 25.1 Å². The Morgan fingerprint density at radius 1 is 1.53 bits per heavy atom. The third kappa shape index (κ3) is 4.60. The van der Waals surface area contributed by atoms with E-state index < -0.39 is 0 Å². The number of nitrogens with zero attached hydrogens (tertiary/aromatic N) is 1. The molecule has 1 rings (SSSR count). The average molecular weight is 257 g/mol. The highest BCUT2D eigenvalue weighted by atomic mass is 35.5. The zero-order chi connectivity index (χ0) is 12.7. The molecule has 1 aromatic carbocycles. The number of methoxy groups -OCH3 is 1. The van der Waals surface area contributed by atoms with Gasteiger partial charge in [0.2, 0.25) is 5.96 Å². The lowest BCUT2D eigenvalue weighted by Crippen LogP contribution is -2.36. The molecular formula is C11H17ClN4O. The maximum absolute atomic E-state index is 6.02. The molecule has 0 radical (unpaired) electrons. The topological polar surface area (TPSA) is 71.7 Å². The monoisotopic (exact) mass is 256 g/mol. The summed E-state index contributed by atoms with van der Waals surface area (Å²) in [7, 11) is 1.62. The molecule has 17 heavy (non-hydrogen) atoms. The number of rotatable bonds is 4. The van der Waals surface area contributed by atoms with Crippen molar-refractivity contribution in [1.29, 1.82) is 0 Å². The van der Waals surface area contributed by atoms with Gasteiger partial charge in [-0.3, -0.25) is 5.43 Å². The number of aryl methyl sites for hydroxylation is 1. The van der Waals surface area contributed by atoms with Crippen LogP contribution in [0.5, 0.6) is 0 Å². The van der Waals surface area contributed by atoms with Crippen molar-refractivity contribution in [3.63, 3.8) is 0 Å². The lowest BCUT2D eigenvalue weighted by atomic mass is 10.2. The van der Waals surface area contributed by atoms with Crippen molar-refractivity contribution < 1.29 is 4.74 Å². The van der Waals surface area contributed by atoms with Crippen molar-refractivity contribution in [2.24, 2.45) is 10.8 Å². The first-order valence-corrected chi connectivity index (χ1v) is 5.58. The van der Waals surface area contributed by atoms with Crippen molar-refractivity contribution in [1.82, 2.24) is 5.43 Å². The average Bonchev–Trinajstić information content (AvgIpc) is 2.32. The van der Waals surface area contributed by atoms with Gasteiger partial charge >= 0.3 is 0 Å². The van der Waals surface area contributed by atoms with Gasteiger partial charge in [0.05, 0.1) is 13.2 Å². The second-order valence-corrected chi connectivity index (χ2v) is 3.86. The Balaban J connectivity index is 2.67. The van der Waals surface area contributed by atoms with Crippen LogP contribution < -0.4 is 16.6 Å². The smallest absolute Gasteiger partial charge is 0.210 e. The first-order chi connectivity index (χ1) is 8.17. The number of hydrazine groups is 1. The summed E-state index contributed by atoms with van der Waals surface area (Å²) in [5.74, 6) is 5.83. The van der Waals surface area contributed by atoms with E-state index in [-0.39, 0.29) is 0 Å². The van der Waals surface area contributed by atoms with Gasteiger partial charge in [0.15, 0.2) is 0 Å². The van der Waals surface area contributed by atoms with Crippen LogP contribution in [0.25, 0.3) is 0 Å². The van der Waals surface area contributed by atoms with Gasteiger partial charge < -0.3 is 10.1 Å². The van der Waals surface area contributed by atoms with Gasteiger partial charge in [0.1, 0.15) is 0 Å². The van der Waals surface area contributed by atoms with Gasteiger partial charge in [-0.05, 0) is 24.6 Å². The first-order valence-electron chi connectivity index (χ1n) is 5.20. The Morgan fingerprint density at radius 2 is 2.29 bits per heavy atom. The van der Waals surface area contributed by atoms with E-state index in [0.717, 1.165) is 11.3 Å². The molecule has 1 aromatic rings. The molecule has 6 heteroatoms. The molecular weight excluding hydrogens is 240 g/mol. The predicted molar refractivity (Wildman–Crippen MR) is 71.3 cm³/mol. The quantitative estimate of drug-likeness (QED) is 0.251. The maximum atomic E-state index is 6.02. The molecule has 0 aliphatic heterocycles. The fourth-order valence-electron chi connectivity index (χ4n) is 1.18. The minimum atomic E-state index is 0.474. The second-order valence-electron chi connectivity index (χ2n) is 3.46. The molecule has 5 nitrogen and oxygen atoms in total. The summed E-state index contributed by atoms with van der Waals surface area (Å²) in [6, 6.07) is 5.65. The SMILES string of the molecule is COCCN=C(NN)Nc1ccc(C)c(Cl)c1. The predicted octanol–water partition coefficient (Wildman–Crippen LogP) is 1.53. The van der Waals surface area contributed by atoms with Crippen LogP contribution >= 0.6 is 11.6 Å². The molecule has 0 aliphatic rings. The number of hydrogen-bond donors (Lipinski definition) is 3. The first kappa shape index (κ1) is 13.8. The molecule has 0 atom stereocenters. The number of benzene rings is 1. The summed E-state index contributed by atoms with van der Waals surface area (Å²) in [6.45, 7) is 3.02. The summed E-state index contributed by atoms with van der Waals surface area (Å²) in [4.78, 5) is 4.18. The Morgan fingerprint density at radius 3 is 2.88 bits per heavy atom. The molecule has 0 saturated heterocycles. The molecule has 4 N–H and O–H groups in total. The minimum absolute atomic E-state index is 0.474. The zero-order valence-electron chi connectivity index (χ0n) is 9.96. The number of nitrogens with one attached hydrogen (secondary N) is 2. The Hall–Kier alpha value is -1.30. The molecule has 0 aromatic heterocycles. The molecule has 0 amide bonds. The van der Waals surface area contributed by atoms with Gasteiger partial charge in [-0.15, -0.1) is 0 Å². The van der Waals surface area contributed by atoms with Gasteiger partial charge in [-0.25, -0.2) is 10.8 Å². The van der Waals surface area contributed by atoms with E-state index in [1.165, 1.54) is 0 Å². The second kappa shape index (κ2) is 7.11. The highest BCUT2D eigenvalue weighted by Gasteiger charge is 2.00.